The molecule has 0 saturated heterocycles. The zero-order valence-electron chi connectivity index (χ0n) is 14.5. The van der Waals surface area contributed by atoms with Gasteiger partial charge in [-0.25, -0.2) is 29.9 Å². The Morgan fingerprint density at radius 3 is 2.07 bits per heavy atom. The van der Waals surface area contributed by atoms with Gasteiger partial charge in [0.2, 0.25) is 17.5 Å². The molecule has 134 valence electrons. The molecule has 2 unspecified atom stereocenters. The van der Waals surface area contributed by atoms with Crippen LogP contribution in [-0.2, 0) is 0 Å². The molecule has 0 spiro atoms. The summed E-state index contributed by atoms with van der Waals surface area (Å²) in [5, 5.41) is 56.7. The first-order valence-electron chi connectivity index (χ1n) is 8.01. The summed E-state index contributed by atoms with van der Waals surface area (Å²) in [4.78, 5) is 24.2. The molecule has 12 heteroatoms. The van der Waals surface area contributed by atoms with Gasteiger partial charge in [-0.15, -0.1) is 0 Å². The van der Waals surface area contributed by atoms with Crippen LogP contribution in [0.3, 0.4) is 0 Å². The Labute approximate surface area is 167 Å². The molecule has 30 heavy (non-hydrogen) atoms. The lowest BCUT2D eigenvalue weighted by Gasteiger charge is -2.31. The van der Waals surface area contributed by atoms with Crippen LogP contribution < -0.4 is 10.6 Å². The Morgan fingerprint density at radius 2 is 1.47 bits per heavy atom. The van der Waals surface area contributed by atoms with Crippen LogP contribution in [0.1, 0.15) is 11.5 Å². The largest absolute Gasteiger partial charge is 0.248 e. The highest BCUT2D eigenvalue weighted by Gasteiger charge is 2.43. The molecule has 0 saturated carbocycles. The summed E-state index contributed by atoms with van der Waals surface area (Å²) >= 11 is 0. The van der Waals surface area contributed by atoms with E-state index < -0.39 is 12.0 Å². The zero-order chi connectivity index (χ0) is 21.4. The van der Waals surface area contributed by atoms with Crippen molar-refractivity contribution in [1.29, 1.82) is 31.6 Å². The van der Waals surface area contributed by atoms with Crippen molar-refractivity contribution in [3.05, 3.63) is 22.1 Å². The predicted molar refractivity (Wildman–Crippen MR) is 97.0 cm³/mol. The molecule has 0 bridgehead atoms. The number of aliphatic imine (C=N–C) groups is 4. The third-order valence-electron chi connectivity index (χ3n) is 4.43. The quantitative estimate of drug-likeness (QED) is 0.497. The minimum atomic E-state index is -1.04. The number of rotatable bonds is 0. The van der Waals surface area contributed by atoms with Gasteiger partial charge >= 0.3 is 0 Å². The van der Waals surface area contributed by atoms with Crippen LogP contribution in [0.5, 0.6) is 0 Å². The molecule has 0 aromatic carbocycles. The Balaban J connectivity index is 2.32. The summed E-state index contributed by atoms with van der Waals surface area (Å²) in [6.07, 6.45) is 0. The van der Waals surface area contributed by atoms with Crippen molar-refractivity contribution in [3.63, 3.8) is 0 Å². The van der Waals surface area contributed by atoms with Crippen LogP contribution >= 0.6 is 0 Å². The van der Waals surface area contributed by atoms with Crippen LogP contribution in [0.15, 0.2) is 20.0 Å². The molecule has 1 aromatic rings. The number of amidine groups is 2. The van der Waals surface area contributed by atoms with Gasteiger partial charge < -0.3 is 0 Å². The van der Waals surface area contributed by atoms with Gasteiger partial charge in [0.25, 0.3) is 0 Å². The van der Waals surface area contributed by atoms with E-state index >= 15 is 0 Å². The standard InChI is InChI=1S/C18H2N12/c19-1-7-13-16(28-10(4-22)25-7)14-8(2-20)27-12(6-24)30-18(14)15-9(3-21)26-11(5-23)29-17(13)15/h13,17H. The SMILES string of the molecule is N#CC1=NC2=c3c(C#N)nc(C#N)nc3=C3C(C#N)=NC(C#N)=NC3C2C(C#N)=N1. The molecule has 3 heterocycles. The summed E-state index contributed by atoms with van der Waals surface area (Å²) in [6.45, 7) is 0. The number of fused-ring (bicyclic) bond motifs is 4. The average Bonchev–Trinajstić information content (AvgIpc) is 2.81. The van der Waals surface area contributed by atoms with Crippen molar-refractivity contribution in [1.82, 2.24) is 9.97 Å². The normalized spacial score (nSPS) is 20.5. The maximum atomic E-state index is 9.62. The highest BCUT2D eigenvalue weighted by Crippen LogP contribution is 2.33. The monoisotopic (exact) mass is 386 g/mol. The van der Waals surface area contributed by atoms with E-state index in [1.165, 1.54) is 0 Å². The summed E-state index contributed by atoms with van der Waals surface area (Å²) in [5.41, 5.74) is -0.378. The fourth-order valence-corrected chi connectivity index (χ4v) is 3.37. The Morgan fingerprint density at radius 1 is 0.700 bits per heavy atom. The minimum Gasteiger partial charge on any atom is -0.248 e. The van der Waals surface area contributed by atoms with Gasteiger partial charge in [-0.05, 0) is 0 Å². The lowest BCUT2D eigenvalue weighted by Crippen LogP contribution is -2.51. The van der Waals surface area contributed by atoms with Crippen molar-refractivity contribution in [2.75, 3.05) is 0 Å². The van der Waals surface area contributed by atoms with Crippen LogP contribution in [0.25, 0.3) is 11.3 Å². The van der Waals surface area contributed by atoms with E-state index in [-0.39, 0.29) is 56.5 Å². The molecule has 1 aliphatic carbocycles. The molecular formula is C18H2N12. The Hall–Kier alpha value is -5.56. The molecule has 3 aliphatic rings. The topological polar surface area (TPSA) is 218 Å². The molecular weight excluding hydrogens is 384 g/mol. The fraction of sp³-hybridized carbons (Fsp3) is 0.111. The third kappa shape index (κ3) is 2.34. The Kier molecular flexibility index (Phi) is 3.90. The second-order valence-corrected chi connectivity index (χ2v) is 5.86. The third-order valence-corrected chi connectivity index (χ3v) is 4.43. The number of nitrogens with zero attached hydrogens (tertiary/aromatic N) is 12. The smallest absolute Gasteiger partial charge is 0.234 e. The lowest BCUT2D eigenvalue weighted by molar-refractivity contribution is 0.728. The molecule has 12 nitrogen and oxygen atoms in total. The molecule has 2 atom stereocenters. The maximum Gasteiger partial charge on any atom is 0.234 e. The molecule has 0 fully saturated rings. The van der Waals surface area contributed by atoms with E-state index in [0.717, 1.165) is 0 Å². The number of hydrogen-bond acceptors (Lipinski definition) is 12. The number of nitriles is 6. The summed E-state index contributed by atoms with van der Waals surface area (Å²) < 4.78 is 0. The van der Waals surface area contributed by atoms with Crippen LogP contribution in [0, 0.1) is 73.9 Å². The van der Waals surface area contributed by atoms with E-state index in [1.807, 2.05) is 18.2 Å². The molecule has 0 N–H and O–H groups in total. The van der Waals surface area contributed by atoms with Gasteiger partial charge in [-0.2, -0.15) is 31.6 Å². The Bertz CT molecular complexity index is 1560. The van der Waals surface area contributed by atoms with Crippen molar-refractivity contribution in [2.45, 2.75) is 6.04 Å². The summed E-state index contributed by atoms with van der Waals surface area (Å²) in [7, 11) is 0. The number of hydrogen-bond donors (Lipinski definition) is 0. The second kappa shape index (κ2) is 6.55. The molecule has 4 rings (SSSR count). The predicted octanol–water partition coefficient (Wildman–Crippen LogP) is -1.72. The molecule has 1 aromatic heterocycles. The van der Waals surface area contributed by atoms with Crippen LogP contribution in [0.2, 0.25) is 0 Å². The van der Waals surface area contributed by atoms with Crippen molar-refractivity contribution >= 4 is 34.4 Å². The first-order valence-corrected chi connectivity index (χ1v) is 8.01. The van der Waals surface area contributed by atoms with Gasteiger partial charge in [0.15, 0.2) is 11.4 Å². The van der Waals surface area contributed by atoms with E-state index in [2.05, 4.69) is 29.9 Å². The first kappa shape index (κ1) is 17.8. The second-order valence-electron chi connectivity index (χ2n) is 5.86. The van der Waals surface area contributed by atoms with Gasteiger partial charge in [0.1, 0.15) is 42.1 Å². The minimum absolute atomic E-state index is 0.00983. The van der Waals surface area contributed by atoms with E-state index in [1.54, 1.807) is 18.2 Å². The van der Waals surface area contributed by atoms with Crippen molar-refractivity contribution < 1.29 is 0 Å². The van der Waals surface area contributed by atoms with E-state index in [0.29, 0.717) is 0 Å². The van der Waals surface area contributed by atoms with Gasteiger partial charge in [-0.1, -0.05) is 0 Å². The zero-order valence-corrected chi connectivity index (χ0v) is 14.5. The van der Waals surface area contributed by atoms with Crippen molar-refractivity contribution in [3.8, 4) is 36.4 Å². The highest BCUT2D eigenvalue weighted by atomic mass is 15.0. The fourth-order valence-electron chi connectivity index (χ4n) is 3.37. The average molecular weight is 386 g/mol. The molecule has 0 radical (unpaired) electrons. The van der Waals surface area contributed by atoms with Gasteiger partial charge in [0.05, 0.1) is 28.2 Å². The van der Waals surface area contributed by atoms with Crippen LogP contribution in [0.4, 0.5) is 0 Å². The van der Waals surface area contributed by atoms with E-state index in [4.69, 9.17) is 0 Å². The molecule has 0 amide bonds. The summed E-state index contributed by atoms with van der Waals surface area (Å²) in [6, 6.07) is 9.82. The van der Waals surface area contributed by atoms with Crippen LogP contribution in [-0.4, -0.2) is 39.1 Å². The van der Waals surface area contributed by atoms with Crippen molar-refractivity contribution in [2.24, 2.45) is 25.9 Å². The highest BCUT2D eigenvalue weighted by molar-refractivity contribution is 6.34. The molecule has 2 aliphatic heterocycles. The van der Waals surface area contributed by atoms with E-state index in [9.17, 15) is 31.6 Å². The van der Waals surface area contributed by atoms with Gasteiger partial charge in [-0.3, -0.25) is 0 Å². The number of aromatic nitrogens is 2. The maximum absolute atomic E-state index is 9.62. The lowest BCUT2D eigenvalue weighted by atomic mass is 9.79. The summed E-state index contributed by atoms with van der Waals surface area (Å²) in [5.74, 6) is -1.96. The first-order chi connectivity index (χ1) is 14.6. The van der Waals surface area contributed by atoms with Gasteiger partial charge in [0, 0.05) is 5.57 Å².